The molecule has 0 radical (unpaired) electrons. The van der Waals surface area contributed by atoms with E-state index >= 15 is 0 Å². The van der Waals surface area contributed by atoms with Crippen LogP contribution < -0.4 is 5.43 Å². The highest BCUT2D eigenvalue weighted by atomic mass is 16.6. The van der Waals surface area contributed by atoms with Gasteiger partial charge >= 0.3 is 0 Å². The molecule has 1 aliphatic carbocycles. The average molecular weight is 313 g/mol. The van der Waals surface area contributed by atoms with E-state index in [2.05, 4.69) is 20.7 Å². The molecule has 3 rings (SSSR count). The largest absolute Gasteiger partial charge is 0.292 e. The summed E-state index contributed by atoms with van der Waals surface area (Å²) in [6.07, 6.45) is 2.76. The summed E-state index contributed by atoms with van der Waals surface area (Å²) in [6.45, 7) is 1.67. The number of benzene rings is 1. The van der Waals surface area contributed by atoms with Crippen LogP contribution in [0.1, 0.15) is 40.7 Å². The van der Waals surface area contributed by atoms with Gasteiger partial charge in [0.15, 0.2) is 5.69 Å². The fraction of sp³-hybridized carbons (Fsp3) is 0.267. The minimum atomic E-state index is -0.470. The highest BCUT2D eigenvalue weighted by molar-refractivity contribution is 6.01. The molecular weight excluding hydrogens is 298 g/mol. The summed E-state index contributed by atoms with van der Waals surface area (Å²) >= 11 is 0. The number of nitrogens with one attached hydrogen (secondary N) is 2. The maximum atomic E-state index is 12.2. The highest BCUT2D eigenvalue weighted by Gasteiger charge is 2.22. The molecule has 118 valence electrons. The summed E-state index contributed by atoms with van der Waals surface area (Å²) in [4.78, 5) is 22.5. The number of aromatic nitrogens is 2. The van der Waals surface area contributed by atoms with Crippen LogP contribution in [0.25, 0.3) is 0 Å². The lowest BCUT2D eigenvalue weighted by Gasteiger charge is -2.02. The summed E-state index contributed by atoms with van der Waals surface area (Å²) in [7, 11) is 0. The smallest absolute Gasteiger partial charge is 0.281 e. The van der Waals surface area contributed by atoms with Gasteiger partial charge in [-0.1, -0.05) is 12.1 Å². The van der Waals surface area contributed by atoms with E-state index in [-0.39, 0.29) is 11.6 Å². The molecule has 0 unspecified atom stereocenters. The number of non-ortho nitro benzene ring substituents is 1. The first-order chi connectivity index (χ1) is 11.1. The third-order valence-electron chi connectivity index (χ3n) is 3.82. The molecule has 1 amide bonds. The number of amides is 1. The number of hydrazone groups is 1. The SMILES string of the molecule is C/C(=N/NC(=O)c1n[nH]c2c1CCC2)c1cccc([N+](=O)[O-])c1. The van der Waals surface area contributed by atoms with E-state index in [4.69, 9.17) is 0 Å². The number of hydrogen-bond donors (Lipinski definition) is 2. The first-order valence-corrected chi connectivity index (χ1v) is 7.22. The molecule has 0 saturated heterocycles. The van der Waals surface area contributed by atoms with Crippen molar-refractivity contribution in [2.75, 3.05) is 0 Å². The second-order valence-electron chi connectivity index (χ2n) is 5.33. The van der Waals surface area contributed by atoms with Gasteiger partial charge in [0.2, 0.25) is 0 Å². The van der Waals surface area contributed by atoms with Gasteiger partial charge in [-0.2, -0.15) is 10.2 Å². The lowest BCUT2D eigenvalue weighted by atomic mass is 10.1. The fourth-order valence-corrected chi connectivity index (χ4v) is 2.60. The Morgan fingerprint density at radius 3 is 3.04 bits per heavy atom. The van der Waals surface area contributed by atoms with Crippen molar-refractivity contribution in [2.45, 2.75) is 26.2 Å². The van der Waals surface area contributed by atoms with Crippen molar-refractivity contribution in [1.82, 2.24) is 15.6 Å². The molecule has 1 heterocycles. The van der Waals surface area contributed by atoms with Gasteiger partial charge in [0.05, 0.1) is 10.6 Å². The molecule has 0 fully saturated rings. The van der Waals surface area contributed by atoms with Crippen LogP contribution in [-0.4, -0.2) is 26.7 Å². The number of aromatic amines is 1. The Kier molecular flexibility index (Phi) is 3.88. The summed E-state index contributed by atoms with van der Waals surface area (Å²) in [5.41, 5.74) is 5.82. The predicted molar refractivity (Wildman–Crippen MR) is 83.4 cm³/mol. The van der Waals surface area contributed by atoms with Gasteiger partial charge in [0, 0.05) is 29.0 Å². The minimum Gasteiger partial charge on any atom is -0.281 e. The van der Waals surface area contributed by atoms with E-state index < -0.39 is 4.92 Å². The third kappa shape index (κ3) is 2.96. The number of nitro benzene ring substituents is 1. The molecule has 2 aromatic rings. The molecule has 8 heteroatoms. The molecule has 1 aromatic carbocycles. The molecular formula is C15H15N5O3. The Balaban J connectivity index is 1.75. The van der Waals surface area contributed by atoms with Crippen molar-refractivity contribution in [3.63, 3.8) is 0 Å². The average Bonchev–Trinajstić information content (AvgIpc) is 3.15. The second-order valence-corrected chi connectivity index (χ2v) is 5.33. The Morgan fingerprint density at radius 2 is 2.26 bits per heavy atom. The van der Waals surface area contributed by atoms with E-state index in [0.717, 1.165) is 30.5 Å². The van der Waals surface area contributed by atoms with Crippen molar-refractivity contribution >= 4 is 17.3 Å². The third-order valence-corrected chi connectivity index (χ3v) is 3.82. The number of hydrogen-bond acceptors (Lipinski definition) is 5. The Bertz CT molecular complexity index is 809. The number of nitrogens with zero attached hydrogens (tertiary/aromatic N) is 3. The van der Waals surface area contributed by atoms with Crippen LogP contribution in [0.3, 0.4) is 0 Å². The molecule has 1 aliphatic rings. The summed E-state index contributed by atoms with van der Waals surface area (Å²) < 4.78 is 0. The number of nitro groups is 1. The van der Waals surface area contributed by atoms with Crippen molar-refractivity contribution in [3.8, 4) is 0 Å². The van der Waals surface area contributed by atoms with E-state index in [0.29, 0.717) is 17.0 Å². The molecule has 0 bridgehead atoms. The highest BCUT2D eigenvalue weighted by Crippen LogP contribution is 2.22. The maximum Gasteiger partial charge on any atom is 0.292 e. The Morgan fingerprint density at radius 1 is 1.43 bits per heavy atom. The van der Waals surface area contributed by atoms with Gasteiger partial charge in [-0.3, -0.25) is 20.0 Å². The number of carbonyl (C=O) groups is 1. The zero-order chi connectivity index (χ0) is 16.4. The van der Waals surface area contributed by atoms with Crippen LogP contribution in [0.15, 0.2) is 29.4 Å². The molecule has 0 atom stereocenters. The van der Waals surface area contributed by atoms with Crippen molar-refractivity contribution in [3.05, 3.63) is 56.9 Å². The van der Waals surface area contributed by atoms with E-state index in [1.54, 1.807) is 19.1 Å². The van der Waals surface area contributed by atoms with Gasteiger partial charge in [-0.05, 0) is 26.2 Å². The zero-order valence-corrected chi connectivity index (χ0v) is 12.5. The monoisotopic (exact) mass is 313 g/mol. The topological polar surface area (TPSA) is 113 Å². The number of rotatable bonds is 4. The Hall–Kier alpha value is -3.03. The second kappa shape index (κ2) is 5.99. The standard InChI is InChI=1S/C15H15N5O3/c1-9(10-4-2-5-11(8-10)20(22)23)16-19-15(21)14-12-6-3-7-13(12)17-18-14/h2,4-5,8H,3,6-7H2,1H3,(H,17,18)(H,19,21)/b16-9-. The molecule has 0 aliphatic heterocycles. The van der Waals surface area contributed by atoms with Gasteiger partial charge in [-0.25, -0.2) is 5.43 Å². The molecule has 0 saturated carbocycles. The van der Waals surface area contributed by atoms with Crippen LogP contribution in [0, 0.1) is 10.1 Å². The first-order valence-electron chi connectivity index (χ1n) is 7.22. The van der Waals surface area contributed by atoms with Crippen molar-refractivity contribution < 1.29 is 9.72 Å². The number of H-pyrrole nitrogens is 1. The maximum absolute atomic E-state index is 12.2. The molecule has 0 spiro atoms. The number of aryl methyl sites for hydroxylation is 1. The van der Waals surface area contributed by atoms with Crippen LogP contribution in [0.5, 0.6) is 0 Å². The molecule has 23 heavy (non-hydrogen) atoms. The van der Waals surface area contributed by atoms with Crippen molar-refractivity contribution in [2.24, 2.45) is 5.10 Å². The van der Waals surface area contributed by atoms with Crippen LogP contribution in [-0.2, 0) is 12.8 Å². The molecule has 8 nitrogen and oxygen atoms in total. The lowest BCUT2D eigenvalue weighted by Crippen LogP contribution is -2.21. The lowest BCUT2D eigenvalue weighted by molar-refractivity contribution is -0.384. The van der Waals surface area contributed by atoms with E-state index in [1.807, 2.05) is 0 Å². The quantitative estimate of drug-likeness (QED) is 0.510. The van der Waals surface area contributed by atoms with Crippen LogP contribution >= 0.6 is 0 Å². The minimum absolute atomic E-state index is 0.0199. The van der Waals surface area contributed by atoms with Gasteiger partial charge in [0.25, 0.3) is 11.6 Å². The summed E-state index contributed by atoms with van der Waals surface area (Å²) in [5.74, 6) is -0.380. The molecule has 1 aromatic heterocycles. The van der Waals surface area contributed by atoms with E-state index in [9.17, 15) is 14.9 Å². The van der Waals surface area contributed by atoms with Gasteiger partial charge in [0.1, 0.15) is 0 Å². The summed E-state index contributed by atoms with van der Waals surface area (Å²) in [6, 6.07) is 6.10. The van der Waals surface area contributed by atoms with Crippen LogP contribution in [0.4, 0.5) is 5.69 Å². The Labute approximate surface area is 131 Å². The van der Waals surface area contributed by atoms with Gasteiger partial charge in [-0.15, -0.1) is 0 Å². The van der Waals surface area contributed by atoms with E-state index in [1.165, 1.54) is 12.1 Å². The number of fused-ring (bicyclic) bond motifs is 1. The zero-order valence-electron chi connectivity index (χ0n) is 12.5. The number of carbonyl (C=O) groups excluding carboxylic acids is 1. The fourth-order valence-electron chi connectivity index (χ4n) is 2.60. The molecule has 2 N–H and O–H groups in total. The summed E-state index contributed by atoms with van der Waals surface area (Å²) in [5, 5.41) is 21.7. The van der Waals surface area contributed by atoms with Gasteiger partial charge < -0.3 is 0 Å². The first kappa shape index (κ1) is 14.9. The van der Waals surface area contributed by atoms with Crippen molar-refractivity contribution in [1.29, 1.82) is 0 Å². The predicted octanol–water partition coefficient (Wildman–Crippen LogP) is 1.96. The van der Waals surface area contributed by atoms with Crippen LogP contribution in [0.2, 0.25) is 0 Å². The normalized spacial score (nSPS) is 13.7.